The summed E-state index contributed by atoms with van der Waals surface area (Å²) in [6, 6.07) is 21.1. The number of nitrogens with zero attached hydrogens (tertiary/aromatic N) is 1. The molecule has 0 radical (unpaired) electrons. The molecule has 0 amide bonds. The summed E-state index contributed by atoms with van der Waals surface area (Å²) in [6.45, 7) is 5.30. The lowest BCUT2D eigenvalue weighted by Crippen LogP contribution is -2.33. The van der Waals surface area contributed by atoms with Gasteiger partial charge in [0.25, 0.3) is 0 Å². The van der Waals surface area contributed by atoms with E-state index >= 15 is 0 Å². The fourth-order valence-electron chi connectivity index (χ4n) is 3.01. The standard InChI is InChI=1S/C24H24N/c1-20-17-21(2)19-25(18-20)16-8-4-5-9-22-12-14-24(15-13-22)23-10-6-3-7-11-23/h3,6-7,10-15,17-19H,4,8,16H2,1-2H3/q+1. The summed E-state index contributed by atoms with van der Waals surface area (Å²) in [5, 5.41) is 0. The van der Waals surface area contributed by atoms with Crippen molar-refractivity contribution in [3.05, 3.63) is 89.7 Å². The van der Waals surface area contributed by atoms with Crippen molar-refractivity contribution < 1.29 is 4.57 Å². The second-order valence-corrected chi connectivity index (χ2v) is 6.48. The predicted octanol–water partition coefficient (Wildman–Crippen LogP) is 5.09. The van der Waals surface area contributed by atoms with Crippen LogP contribution in [0.3, 0.4) is 0 Å². The third kappa shape index (κ3) is 5.06. The first-order chi connectivity index (χ1) is 12.2. The minimum atomic E-state index is 0.917. The van der Waals surface area contributed by atoms with Crippen molar-refractivity contribution >= 4 is 0 Å². The van der Waals surface area contributed by atoms with Crippen LogP contribution in [0.1, 0.15) is 29.5 Å². The molecule has 1 heterocycles. The van der Waals surface area contributed by atoms with E-state index < -0.39 is 0 Å². The Morgan fingerprint density at radius 1 is 0.800 bits per heavy atom. The van der Waals surface area contributed by atoms with E-state index in [2.05, 4.69) is 97.2 Å². The van der Waals surface area contributed by atoms with Crippen molar-refractivity contribution in [2.24, 2.45) is 0 Å². The summed E-state index contributed by atoms with van der Waals surface area (Å²) in [5.74, 6) is 6.57. The zero-order valence-electron chi connectivity index (χ0n) is 15.0. The van der Waals surface area contributed by atoms with E-state index in [1.807, 2.05) is 6.07 Å². The van der Waals surface area contributed by atoms with Gasteiger partial charge in [-0.2, -0.15) is 0 Å². The van der Waals surface area contributed by atoms with E-state index in [0.29, 0.717) is 0 Å². The highest BCUT2D eigenvalue weighted by Gasteiger charge is 2.01. The van der Waals surface area contributed by atoms with Crippen LogP contribution in [0, 0.1) is 25.7 Å². The molecule has 3 rings (SSSR count). The molecule has 3 aromatic rings. The van der Waals surface area contributed by atoms with E-state index in [9.17, 15) is 0 Å². The first-order valence-electron chi connectivity index (χ1n) is 8.82. The number of benzene rings is 2. The average Bonchev–Trinajstić information content (AvgIpc) is 2.62. The van der Waals surface area contributed by atoms with Crippen LogP contribution < -0.4 is 4.57 Å². The molecule has 2 aromatic carbocycles. The van der Waals surface area contributed by atoms with Gasteiger partial charge in [0, 0.05) is 29.5 Å². The maximum atomic E-state index is 3.30. The van der Waals surface area contributed by atoms with Crippen molar-refractivity contribution in [1.82, 2.24) is 0 Å². The minimum absolute atomic E-state index is 0.917. The molecule has 124 valence electrons. The van der Waals surface area contributed by atoms with Crippen LogP contribution in [0.15, 0.2) is 73.1 Å². The van der Waals surface area contributed by atoms with Gasteiger partial charge in [-0.05, 0) is 43.2 Å². The number of rotatable bonds is 4. The topological polar surface area (TPSA) is 3.88 Å². The summed E-state index contributed by atoms with van der Waals surface area (Å²) in [5.41, 5.74) is 6.18. The normalized spacial score (nSPS) is 10.2. The molecule has 0 bridgehead atoms. The molecule has 25 heavy (non-hydrogen) atoms. The van der Waals surface area contributed by atoms with Gasteiger partial charge in [0.1, 0.15) is 6.54 Å². The Balaban J connectivity index is 1.53. The smallest absolute Gasteiger partial charge is 0.171 e. The molecule has 1 heteroatoms. The third-order valence-electron chi connectivity index (χ3n) is 4.14. The van der Waals surface area contributed by atoms with Crippen molar-refractivity contribution in [3.63, 3.8) is 0 Å². The van der Waals surface area contributed by atoms with Crippen LogP contribution in [-0.4, -0.2) is 0 Å². The maximum Gasteiger partial charge on any atom is 0.171 e. The molecule has 0 fully saturated rings. The maximum absolute atomic E-state index is 3.30. The Morgan fingerprint density at radius 3 is 2.12 bits per heavy atom. The fourth-order valence-corrected chi connectivity index (χ4v) is 3.01. The third-order valence-corrected chi connectivity index (χ3v) is 4.14. The van der Waals surface area contributed by atoms with Crippen LogP contribution in [0.4, 0.5) is 0 Å². The van der Waals surface area contributed by atoms with Crippen molar-refractivity contribution in [1.29, 1.82) is 0 Å². The van der Waals surface area contributed by atoms with Crippen molar-refractivity contribution in [2.75, 3.05) is 0 Å². The highest BCUT2D eigenvalue weighted by atomic mass is 14.9. The van der Waals surface area contributed by atoms with E-state index in [1.165, 1.54) is 22.3 Å². The molecular formula is C24H24N+. The molecule has 1 aromatic heterocycles. The quantitative estimate of drug-likeness (QED) is 0.357. The molecule has 0 saturated carbocycles. The summed E-state index contributed by atoms with van der Waals surface area (Å²) < 4.78 is 2.26. The SMILES string of the molecule is Cc1cc(C)c[n+](CCCC#Cc2ccc(-c3ccccc3)cc2)c1. The number of aromatic nitrogens is 1. The summed E-state index contributed by atoms with van der Waals surface area (Å²) >= 11 is 0. The molecular weight excluding hydrogens is 302 g/mol. The minimum Gasteiger partial charge on any atom is -0.205 e. The van der Waals surface area contributed by atoms with Gasteiger partial charge in [0.2, 0.25) is 0 Å². The molecule has 0 atom stereocenters. The van der Waals surface area contributed by atoms with E-state index in [1.54, 1.807) is 0 Å². The van der Waals surface area contributed by atoms with Crippen LogP contribution in [0.5, 0.6) is 0 Å². The molecule has 0 unspecified atom stereocenters. The largest absolute Gasteiger partial charge is 0.205 e. The molecule has 0 aliphatic carbocycles. The van der Waals surface area contributed by atoms with Gasteiger partial charge in [-0.1, -0.05) is 54.3 Å². The molecule has 0 spiro atoms. The van der Waals surface area contributed by atoms with Gasteiger partial charge >= 0.3 is 0 Å². The Labute approximate surface area is 151 Å². The zero-order chi connectivity index (χ0) is 17.5. The highest BCUT2D eigenvalue weighted by Crippen LogP contribution is 2.18. The molecule has 0 saturated heterocycles. The number of unbranched alkanes of at least 4 members (excludes halogenated alkanes) is 1. The van der Waals surface area contributed by atoms with Crippen molar-refractivity contribution in [2.45, 2.75) is 33.2 Å². The van der Waals surface area contributed by atoms with Gasteiger partial charge in [0.05, 0.1) is 0 Å². The average molecular weight is 326 g/mol. The predicted molar refractivity (Wildman–Crippen MR) is 104 cm³/mol. The Bertz CT molecular complexity index is 861. The lowest BCUT2D eigenvalue weighted by molar-refractivity contribution is -0.697. The van der Waals surface area contributed by atoms with E-state index in [0.717, 1.165) is 24.9 Å². The number of pyridine rings is 1. The monoisotopic (exact) mass is 326 g/mol. The molecule has 0 N–H and O–H groups in total. The Morgan fingerprint density at radius 2 is 1.44 bits per heavy atom. The second-order valence-electron chi connectivity index (χ2n) is 6.48. The van der Waals surface area contributed by atoms with Crippen molar-refractivity contribution in [3.8, 4) is 23.0 Å². The summed E-state index contributed by atoms with van der Waals surface area (Å²) in [6.07, 6.45) is 6.38. The lowest BCUT2D eigenvalue weighted by Gasteiger charge is -2.00. The van der Waals surface area contributed by atoms with E-state index in [4.69, 9.17) is 0 Å². The second kappa shape index (κ2) is 8.31. The lowest BCUT2D eigenvalue weighted by atomic mass is 10.0. The van der Waals surface area contributed by atoms with Crippen LogP contribution in [0.2, 0.25) is 0 Å². The highest BCUT2D eigenvalue weighted by molar-refractivity contribution is 5.64. The molecule has 0 aliphatic heterocycles. The zero-order valence-corrected chi connectivity index (χ0v) is 15.0. The first kappa shape index (κ1) is 17.0. The summed E-state index contributed by atoms with van der Waals surface area (Å²) in [7, 11) is 0. The first-order valence-corrected chi connectivity index (χ1v) is 8.82. The van der Waals surface area contributed by atoms with Gasteiger partial charge in [-0.15, -0.1) is 0 Å². The van der Waals surface area contributed by atoms with Gasteiger partial charge in [0.15, 0.2) is 12.4 Å². The Hall–Kier alpha value is -2.85. The van der Waals surface area contributed by atoms with Gasteiger partial charge in [-0.25, -0.2) is 4.57 Å². The number of hydrogen-bond donors (Lipinski definition) is 0. The van der Waals surface area contributed by atoms with Gasteiger partial charge in [-0.3, -0.25) is 0 Å². The van der Waals surface area contributed by atoms with Crippen LogP contribution in [-0.2, 0) is 6.54 Å². The molecule has 0 aliphatic rings. The van der Waals surface area contributed by atoms with E-state index in [-0.39, 0.29) is 0 Å². The van der Waals surface area contributed by atoms with Crippen LogP contribution >= 0.6 is 0 Å². The Kier molecular flexibility index (Phi) is 5.65. The molecule has 1 nitrogen and oxygen atoms in total. The number of hydrogen-bond acceptors (Lipinski definition) is 0. The fraction of sp³-hybridized carbons (Fsp3) is 0.208. The van der Waals surface area contributed by atoms with Gasteiger partial charge < -0.3 is 0 Å². The number of aryl methyl sites for hydroxylation is 3. The van der Waals surface area contributed by atoms with Crippen LogP contribution in [0.25, 0.3) is 11.1 Å². The summed E-state index contributed by atoms with van der Waals surface area (Å²) in [4.78, 5) is 0.